The van der Waals surface area contributed by atoms with Crippen molar-refractivity contribution < 1.29 is 8.42 Å². The van der Waals surface area contributed by atoms with Gasteiger partial charge in [-0.25, -0.2) is 9.44 Å². The number of hydrogen-bond acceptors (Lipinski definition) is 2. The van der Waals surface area contributed by atoms with Crippen molar-refractivity contribution in [2.24, 2.45) is 0 Å². The highest BCUT2D eigenvalue weighted by Gasteiger charge is 2.04. The normalized spacial score (nSPS) is 11.0. The van der Waals surface area contributed by atoms with E-state index < -0.39 is 10.2 Å². The molecule has 0 unspecified atom stereocenters. The Hall–Kier alpha value is -0.570. The quantitative estimate of drug-likeness (QED) is 0.452. The van der Waals surface area contributed by atoms with Gasteiger partial charge in [-0.1, -0.05) is 6.92 Å². The predicted molar refractivity (Wildman–Crippen MR) is 48.7 cm³/mol. The summed E-state index contributed by atoms with van der Waals surface area (Å²) < 4.78 is 26.5. The molecule has 4 nitrogen and oxygen atoms in total. The summed E-state index contributed by atoms with van der Waals surface area (Å²) in [6.07, 6.45) is 6.25. The van der Waals surface area contributed by atoms with Gasteiger partial charge in [0, 0.05) is 19.5 Å². The smallest absolute Gasteiger partial charge is 0.203 e. The van der Waals surface area contributed by atoms with Crippen LogP contribution < -0.4 is 9.44 Å². The van der Waals surface area contributed by atoms with Gasteiger partial charge in [-0.2, -0.15) is 8.42 Å². The van der Waals surface area contributed by atoms with Crippen molar-refractivity contribution in [3.63, 3.8) is 0 Å². The highest BCUT2D eigenvalue weighted by Crippen LogP contribution is 1.84. The van der Waals surface area contributed by atoms with E-state index in [9.17, 15) is 8.42 Å². The molecule has 0 aliphatic heterocycles. The monoisotopic (exact) mass is 190 g/mol. The third-order valence-corrected chi connectivity index (χ3v) is 2.38. The second-order valence-electron chi connectivity index (χ2n) is 2.20. The molecular formula is C7H14N2O2S. The van der Waals surface area contributed by atoms with Crippen molar-refractivity contribution in [2.45, 2.75) is 19.8 Å². The fourth-order valence-electron chi connectivity index (χ4n) is 0.638. The van der Waals surface area contributed by atoms with Crippen LogP contribution in [0.2, 0.25) is 0 Å². The molecule has 0 aliphatic rings. The minimum Gasteiger partial charge on any atom is -0.203 e. The number of terminal acetylenes is 1. The molecule has 0 fully saturated rings. The molecule has 0 saturated carbocycles. The Balaban J connectivity index is 3.57. The summed E-state index contributed by atoms with van der Waals surface area (Å²) in [5.41, 5.74) is 0. The van der Waals surface area contributed by atoms with Gasteiger partial charge in [-0.15, -0.1) is 12.3 Å². The van der Waals surface area contributed by atoms with Crippen LogP contribution in [0.3, 0.4) is 0 Å². The van der Waals surface area contributed by atoms with Crippen molar-refractivity contribution in [3.8, 4) is 12.3 Å². The molecule has 5 heteroatoms. The maximum atomic E-state index is 10.9. The molecule has 2 N–H and O–H groups in total. The van der Waals surface area contributed by atoms with E-state index in [0.717, 1.165) is 0 Å². The van der Waals surface area contributed by atoms with Crippen molar-refractivity contribution in [1.82, 2.24) is 9.44 Å². The molecule has 0 amide bonds. The highest BCUT2D eigenvalue weighted by atomic mass is 32.2. The van der Waals surface area contributed by atoms with Gasteiger partial charge in [0.2, 0.25) is 0 Å². The highest BCUT2D eigenvalue weighted by molar-refractivity contribution is 7.87. The number of hydrogen-bond donors (Lipinski definition) is 2. The van der Waals surface area contributed by atoms with E-state index in [1.807, 2.05) is 0 Å². The first-order chi connectivity index (χ1) is 5.62. The number of nitrogens with one attached hydrogen (secondary N) is 2. The second kappa shape index (κ2) is 6.00. The van der Waals surface area contributed by atoms with Crippen LogP contribution in [-0.4, -0.2) is 21.5 Å². The SMILES string of the molecule is C#CCCCNS(=O)(=O)NCC. The summed E-state index contributed by atoms with van der Waals surface area (Å²) in [6, 6.07) is 0. The molecule has 0 radical (unpaired) electrons. The van der Waals surface area contributed by atoms with Gasteiger partial charge in [-0.05, 0) is 6.42 Å². The van der Waals surface area contributed by atoms with E-state index in [2.05, 4.69) is 15.4 Å². The van der Waals surface area contributed by atoms with Crippen LogP contribution in [-0.2, 0) is 10.2 Å². The Labute approximate surface area is 73.9 Å². The topological polar surface area (TPSA) is 58.2 Å². The molecule has 0 atom stereocenters. The average molecular weight is 190 g/mol. The standard InChI is InChI=1S/C7H14N2O2S/c1-3-5-6-7-9-12(10,11)8-4-2/h1,8-9H,4-7H2,2H3. The summed E-state index contributed by atoms with van der Waals surface area (Å²) in [4.78, 5) is 0. The van der Waals surface area contributed by atoms with E-state index in [1.165, 1.54) is 0 Å². The van der Waals surface area contributed by atoms with Gasteiger partial charge >= 0.3 is 0 Å². The second-order valence-corrected chi connectivity index (χ2v) is 3.79. The zero-order chi connectivity index (χ0) is 9.45. The predicted octanol–water partition coefficient (Wildman–Crippen LogP) is -0.156. The molecule has 70 valence electrons. The Bertz CT molecular complexity index is 241. The van der Waals surface area contributed by atoms with Crippen LogP contribution >= 0.6 is 0 Å². The molecule has 0 aliphatic carbocycles. The maximum absolute atomic E-state index is 10.9. The molecule has 0 rings (SSSR count). The van der Waals surface area contributed by atoms with Crippen molar-refractivity contribution in [3.05, 3.63) is 0 Å². The largest absolute Gasteiger partial charge is 0.276 e. The summed E-state index contributed by atoms with van der Waals surface area (Å²) in [7, 11) is -3.28. The van der Waals surface area contributed by atoms with Gasteiger partial charge in [0.05, 0.1) is 0 Å². The van der Waals surface area contributed by atoms with Gasteiger partial charge in [0.15, 0.2) is 0 Å². The van der Waals surface area contributed by atoms with Gasteiger partial charge in [-0.3, -0.25) is 0 Å². The molecule has 0 aromatic heterocycles. The summed E-state index contributed by atoms with van der Waals surface area (Å²) in [5.74, 6) is 2.43. The lowest BCUT2D eigenvalue weighted by molar-refractivity contribution is 0.567. The molecule has 12 heavy (non-hydrogen) atoms. The summed E-state index contributed by atoms with van der Waals surface area (Å²) in [6.45, 7) is 2.50. The average Bonchev–Trinajstić information content (AvgIpc) is 1.98. The van der Waals surface area contributed by atoms with Crippen molar-refractivity contribution >= 4 is 10.2 Å². The van der Waals surface area contributed by atoms with E-state index in [4.69, 9.17) is 6.42 Å². The minimum atomic E-state index is -3.28. The molecule has 0 aromatic rings. The van der Waals surface area contributed by atoms with Crippen LogP contribution in [0, 0.1) is 12.3 Å². The lowest BCUT2D eigenvalue weighted by Crippen LogP contribution is -2.36. The number of rotatable bonds is 6. The molecule has 0 saturated heterocycles. The van der Waals surface area contributed by atoms with Crippen LogP contribution in [0.25, 0.3) is 0 Å². The molecule has 0 heterocycles. The van der Waals surface area contributed by atoms with Gasteiger partial charge < -0.3 is 0 Å². The van der Waals surface area contributed by atoms with Crippen molar-refractivity contribution in [1.29, 1.82) is 0 Å². The van der Waals surface area contributed by atoms with Crippen LogP contribution in [0.5, 0.6) is 0 Å². The zero-order valence-corrected chi connectivity index (χ0v) is 7.95. The first-order valence-electron chi connectivity index (χ1n) is 3.80. The van der Waals surface area contributed by atoms with E-state index in [1.54, 1.807) is 6.92 Å². The van der Waals surface area contributed by atoms with E-state index in [-0.39, 0.29) is 0 Å². The van der Waals surface area contributed by atoms with E-state index >= 15 is 0 Å². The van der Waals surface area contributed by atoms with Crippen LogP contribution in [0.4, 0.5) is 0 Å². The summed E-state index contributed by atoms with van der Waals surface area (Å²) >= 11 is 0. The Morgan fingerprint density at radius 3 is 2.58 bits per heavy atom. The molecule has 0 bridgehead atoms. The van der Waals surface area contributed by atoms with E-state index in [0.29, 0.717) is 25.9 Å². The third kappa shape index (κ3) is 6.16. The first-order valence-corrected chi connectivity index (χ1v) is 5.28. The van der Waals surface area contributed by atoms with Crippen LogP contribution in [0.15, 0.2) is 0 Å². The Kier molecular flexibility index (Phi) is 5.72. The molecular weight excluding hydrogens is 176 g/mol. The van der Waals surface area contributed by atoms with Crippen molar-refractivity contribution in [2.75, 3.05) is 13.1 Å². The summed E-state index contributed by atoms with van der Waals surface area (Å²) in [5, 5.41) is 0. The first kappa shape index (κ1) is 11.4. The molecule has 0 aromatic carbocycles. The Morgan fingerprint density at radius 1 is 1.42 bits per heavy atom. The fraction of sp³-hybridized carbons (Fsp3) is 0.714. The van der Waals surface area contributed by atoms with Gasteiger partial charge in [0.1, 0.15) is 0 Å². The maximum Gasteiger partial charge on any atom is 0.276 e. The van der Waals surface area contributed by atoms with Gasteiger partial charge in [0.25, 0.3) is 10.2 Å². The third-order valence-electron chi connectivity index (χ3n) is 1.12. The zero-order valence-electron chi connectivity index (χ0n) is 7.13. The lowest BCUT2D eigenvalue weighted by Gasteiger charge is -2.04. The minimum absolute atomic E-state index is 0.388. The lowest BCUT2D eigenvalue weighted by atomic mass is 10.3. The Morgan fingerprint density at radius 2 is 2.08 bits per heavy atom. The molecule has 0 spiro atoms. The van der Waals surface area contributed by atoms with Crippen LogP contribution in [0.1, 0.15) is 19.8 Å². The number of unbranched alkanes of at least 4 members (excludes halogenated alkanes) is 1. The fourth-order valence-corrected chi connectivity index (χ4v) is 1.53.